The van der Waals surface area contributed by atoms with Crippen LogP contribution in [-0.4, -0.2) is 60.4 Å². The second-order valence-corrected chi connectivity index (χ2v) is 7.15. The van der Waals surface area contributed by atoms with Crippen LogP contribution >= 0.6 is 0 Å². The molecule has 1 aromatic carbocycles. The highest BCUT2D eigenvalue weighted by atomic mass is 19.3. The first-order valence-electron chi connectivity index (χ1n) is 9.33. The third-order valence-electron chi connectivity index (χ3n) is 5.16. The van der Waals surface area contributed by atoms with E-state index < -0.39 is 6.61 Å². The maximum atomic E-state index is 12.9. The molecule has 6 nitrogen and oxygen atoms in total. The third-order valence-corrected chi connectivity index (χ3v) is 5.16. The number of carbonyl (C=O) groups is 2. The minimum atomic E-state index is -3.00. The lowest BCUT2D eigenvalue weighted by atomic mass is 9.94. The van der Waals surface area contributed by atoms with Crippen LogP contribution in [0, 0.1) is 5.92 Å². The molecule has 2 unspecified atom stereocenters. The normalized spacial score (nSPS) is 23.4. The summed E-state index contributed by atoms with van der Waals surface area (Å²) in [6.45, 7) is -0.980. The van der Waals surface area contributed by atoms with Crippen LogP contribution in [0.4, 0.5) is 8.78 Å². The molecule has 0 aromatic heterocycles. The maximum absolute atomic E-state index is 12.9. The molecule has 8 heteroatoms. The fourth-order valence-electron chi connectivity index (χ4n) is 3.84. The van der Waals surface area contributed by atoms with Crippen molar-refractivity contribution in [2.75, 3.05) is 26.2 Å². The van der Waals surface area contributed by atoms with Gasteiger partial charge in [0.2, 0.25) is 5.91 Å². The SMILES string of the molecule is NC1CCCN(C(=O)C2CCCN(C(=O)c3ccccc3OC(F)F)C2)C1. The summed E-state index contributed by atoms with van der Waals surface area (Å²) < 4.78 is 29.7. The molecular weight excluding hydrogens is 356 g/mol. The Balaban J connectivity index is 1.69. The highest BCUT2D eigenvalue weighted by Crippen LogP contribution is 2.26. The molecule has 0 aliphatic carbocycles. The summed E-state index contributed by atoms with van der Waals surface area (Å²) >= 11 is 0. The standard InChI is InChI=1S/C19H25F2N3O3/c20-19(21)27-16-8-2-1-7-15(16)18(26)23-9-3-5-13(11-23)17(25)24-10-4-6-14(22)12-24/h1-2,7-8,13-14,19H,3-6,9-12,22H2. The van der Waals surface area contributed by atoms with Crippen molar-refractivity contribution < 1.29 is 23.1 Å². The van der Waals surface area contributed by atoms with Crippen molar-refractivity contribution in [3.8, 4) is 5.75 Å². The van der Waals surface area contributed by atoms with Crippen LogP contribution in [0.3, 0.4) is 0 Å². The summed E-state index contributed by atoms with van der Waals surface area (Å²) in [6.07, 6.45) is 3.21. The van der Waals surface area contributed by atoms with E-state index in [1.165, 1.54) is 18.2 Å². The number of carbonyl (C=O) groups excluding carboxylic acids is 2. The molecule has 148 valence electrons. The van der Waals surface area contributed by atoms with Gasteiger partial charge in [0.1, 0.15) is 5.75 Å². The molecule has 2 aliphatic heterocycles. The van der Waals surface area contributed by atoms with Gasteiger partial charge >= 0.3 is 6.61 Å². The zero-order chi connectivity index (χ0) is 19.4. The Bertz CT molecular complexity index is 686. The van der Waals surface area contributed by atoms with Crippen molar-refractivity contribution in [2.45, 2.75) is 38.3 Å². The molecule has 3 rings (SSSR count). The summed E-state index contributed by atoms with van der Waals surface area (Å²) in [6, 6.07) is 5.96. The highest BCUT2D eigenvalue weighted by molar-refractivity contribution is 5.97. The number of ether oxygens (including phenoxy) is 1. The number of halogens is 2. The molecule has 0 bridgehead atoms. The molecule has 2 amide bonds. The van der Waals surface area contributed by atoms with Crippen molar-refractivity contribution >= 4 is 11.8 Å². The number of alkyl halides is 2. The Morgan fingerprint density at radius 3 is 2.52 bits per heavy atom. The van der Waals surface area contributed by atoms with E-state index in [9.17, 15) is 18.4 Å². The molecule has 1 aromatic rings. The largest absolute Gasteiger partial charge is 0.434 e. The zero-order valence-corrected chi connectivity index (χ0v) is 15.2. The van der Waals surface area contributed by atoms with Crippen LogP contribution in [0.25, 0.3) is 0 Å². The smallest absolute Gasteiger partial charge is 0.387 e. The second-order valence-electron chi connectivity index (χ2n) is 7.15. The molecule has 2 fully saturated rings. The van der Waals surface area contributed by atoms with E-state index in [1.807, 2.05) is 0 Å². The molecule has 0 radical (unpaired) electrons. The predicted molar refractivity (Wildman–Crippen MR) is 95.5 cm³/mol. The van der Waals surface area contributed by atoms with Crippen LogP contribution in [0.1, 0.15) is 36.0 Å². The van der Waals surface area contributed by atoms with Gasteiger partial charge in [-0.25, -0.2) is 0 Å². The van der Waals surface area contributed by atoms with E-state index in [-0.39, 0.29) is 41.6 Å². The predicted octanol–water partition coefficient (Wildman–Crippen LogP) is 2.09. The molecule has 0 spiro atoms. The van der Waals surface area contributed by atoms with E-state index >= 15 is 0 Å². The summed E-state index contributed by atoms with van der Waals surface area (Å²) in [5.74, 6) is -0.789. The minimum absolute atomic E-state index is 0.00222. The van der Waals surface area contributed by atoms with Crippen LogP contribution in [-0.2, 0) is 4.79 Å². The summed E-state index contributed by atoms with van der Waals surface area (Å²) in [5.41, 5.74) is 6.06. The maximum Gasteiger partial charge on any atom is 0.387 e. The lowest BCUT2D eigenvalue weighted by molar-refractivity contribution is -0.138. The monoisotopic (exact) mass is 381 g/mol. The molecule has 2 atom stereocenters. The molecule has 27 heavy (non-hydrogen) atoms. The van der Waals surface area contributed by atoms with Crippen LogP contribution in [0.2, 0.25) is 0 Å². The fraction of sp³-hybridized carbons (Fsp3) is 0.579. The van der Waals surface area contributed by atoms with Crippen molar-refractivity contribution in [1.82, 2.24) is 9.80 Å². The number of piperidine rings is 2. The van der Waals surface area contributed by atoms with E-state index in [0.717, 1.165) is 12.8 Å². The van der Waals surface area contributed by atoms with Gasteiger partial charge in [0.05, 0.1) is 11.5 Å². The van der Waals surface area contributed by atoms with Crippen molar-refractivity contribution in [2.24, 2.45) is 11.7 Å². The Labute approximate surface area is 157 Å². The lowest BCUT2D eigenvalue weighted by Gasteiger charge is -2.37. The van der Waals surface area contributed by atoms with Gasteiger partial charge in [-0.3, -0.25) is 9.59 Å². The number of benzene rings is 1. The quantitative estimate of drug-likeness (QED) is 0.867. The van der Waals surface area contributed by atoms with Crippen molar-refractivity contribution in [3.63, 3.8) is 0 Å². The zero-order valence-electron chi connectivity index (χ0n) is 15.2. The van der Waals surface area contributed by atoms with Gasteiger partial charge in [0.25, 0.3) is 5.91 Å². The van der Waals surface area contributed by atoms with Crippen molar-refractivity contribution in [1.29, 1.82) is 0 Å². The fourth-order valence-corrected chi connectivity index (χ4v) is 3.84. The molecular formula is C19H25F2N3O3. The summed E-state index contributed by atoms with van der Waals surface area (Å²) in [7, 11) is 0. The Morgan fingerprint density at radius 2 is 1.78 bits per heavy atom. The molecule has 0 saturated carbocycles. The first-order chi connectivity index (χ1) is 13.0. The van der Waals surface area contributed by atoms with Crippen molar-refractivity contribution in [3.05, 3.63) is 29.8 Å². The van der Waals surface area contributed by atoms with Gasteiger partial charge in [-0.15, -0.1) is 0 Å². The van der Waals surface area contributed by atoms with Gasteiger partial charge < -0.3 is 20.3 Å². The van der Waals surface area contributed by atoms with E-state index in [0.29, 0.717) is 32.5 Å². The van der Waals surface area contributed by atoms with Gasteiger partial charge in [-0.05, 0) is 37.8 Å². The molecule has 2 saturated heterocycles. The first kappa shape index (κ1) is 19.5. The van der Waals surface area contributed by atoms with E-state index in [1.54, 1.807) is 15.9 Å². The number of nitrogens with two attached hydrogens (primary N) is 1. The number of likely N-dealkylation sites (tertiary alicyclic amines) is 2. The Hall–Kier alpha value is -2.22. The number of rotatable bonds is 4. The Morgan fingerprint density at radius 1 is 1.07 bits per heavy atom. The summed E-state index contributed by atoms with van der Waals surface area (Å²) in [5, 5.41) is 0. The molecule has 2 N–H and O–H groups in total. The highest BCUT2D eigenvalue weighted by Gasteiger charge is 2.33. The number of amides is 2. The number of nitrogens with zero attached hydrogens (tertiary/aromatic N) is 2. The third kappa shape index (κ3) is 4.74. The number of para-hydroxylation sites is 1. The average molecular weight is 381 g/mol. The minimum Gasteiger partial charge on any atom is -0.434 e. The van der Waals surface area contributed by atoms with Crippen LogP contribution < -0.4 is 10.5 Å². The van der Waals surface area contributed by atoms with E-state index in [4.69, 9.17) is 5.73 Å². The van der Waals surface area contributed by atoms with Crippen LogP contribution in [0.5, 0.6) is 5.75 Å². The lowest BCUT2D eigenvalue weighted by Crippen LogP contribution is -2.51. The number of hydrogen-bond acceptors (Lipinski definition) is 4. The summed E-state index contributed by atoms with van der Waals surface area (Å²) in [4.78, 5) is 29.0. The van der Waals surface area contributed by atoms with Crippen LogP contribution in [0.15, 0.2) is 24.3 Å². The first-order valence-corrected chi connectivity index (χ1v) is 9.33. The molecule has 2 aliphatic rings. The Kier molecular flexibility index (Phi) is 6.26. The van der Waals surface area contributed by atoms with Gasteiger partial charge in [-0.2, -0.15) is 8.78 Å². The number of hydrogen-bond donors (Lipinski definition) is 1. The van der Waals surface area contributed by atoms with Gasteiger partial charge in [0.15, 0.2) is 0 Å². The molecule has 2 heterocycles. The average Bonchev–Trinajstić information content (AvgIpc) is 2.67. The van der Waals surface area contributed by atoms with Gasteiger partial charge in [-0.1, -0.05) is 12.1 Å². The van der Waals surface area contributed by atoms with E-state index in [2.05, 4.69) is 4.74 Å². The second kappa shape index (κ2) is 8.65. The van der Waals surface area contributed by atoms with Gasteiger partial charge in [0, 0.05) is 32.2 Å². The topological polar surface area (TPSA) is 75.9 Å².